The minimum absolute atomic E-state index is 0.0421. The fourth-order valence-corrected chi connectivity index (χ4v) is 6.08. The first-order valence-corrected chi connectivity index (χ1v) is 11.2. The monoisotopic (exact) mass is 400 g/mol. The number of fused-ring (bicyclic) bond motifs is 1. The van der Waals surface area contributed by atoms with Crippen LogP contribution in [0, 0.1) is 5.92 Å². The zero-order valence-corrected chi connectivity index (χ0v) is 16.3. The number of hydrogen-bond donors (Lipinski definition) is 1. The molecule has 0 radical (unpaired) electrons. The number of benzene rings is 2. The maximum absolute atomic E-state index is 12.7. The van der Waals surface area contributed by atoms with Gasteiger partial charge in [0.15, 0.2) is 0 Å². The Kier molecular flexibility index (Phi) is 4.99. The van der Waals surface area contributed by atoms with Crippen LogP contribution in [0.5, 0.6) is 0 Å². The number of hydrogen-bond acceptors (Lipinski definition) is 4. The van der Waals surface area contributed by atoms with E-state index in [1.807, 2.05) is 42.5 Å². The summed E-state index contributed by atoms with van der Waals surface area (Å²) in [5.41, 5.74) is 0.798. The molecule has 1 amide bonds. The molecule has 0 saturated carbocycles. The molecule has 0 spiro atoms. The van der Waals surface area contributed by atoms with E-state index in [4.69, 9.17) is 0 Å². The van der Waals surface area contributed by atoms with E-state index in [9.17, 15) is 13.2 Å². The van der Waals surface area contributed by atoms with Crippen molar-refractivity contribution in [2.45, 2.75) is 17.1 Å². The van der Waals surface area contributed by atoms with Crippen LogP contribution in [0.2, 0.25) is 0 Å². The number of carbonyl (C=O) groups excluding carboxylic acids is 1. The Morgan fingerprint density at radius 3 is 2.48 bits per heavy atom. The predicted octanol–water partition coefficient (Wildman–Crippen LogP) is 3.94. The molecule has 0 aliphatic carbocycles. The molecule has 140 valence electrons. The molecule has 1 fully saturated rings. The molecule has 0 atom stereocenters. The summed E-state index contributed by atoms with van der Waals surface area (Å²) < 4.78 is 27.0. The SMILES string of the molecule is O=C(Nc1cccc2ccccc12)C1CCN(S(=O)(=O)c2cccs2)CC1. The molecule has 1 N–H and O–H groups in total. The fraction of sp³-hybridized carbons (Fsp3) is 0.250. The smallest absolute Gasteiger partial charge is 0.252 e. The van der Waals surface area contributed by atoms with E-state index in [1.54, 1.807) is 17.5 Å². The molecule has 0 unspecified atom stereocenters. The van der Waals surface area contributed by atoms with Crippen molar-refractivity contribution in [2.75, 3.05) is 18.4 Å². The molecule has 2 aromatic carbocycles. The highest BCUT2D eigenvalue weighted by molar-refractivity contribution is 7.91. The van der Waals surface area contributed by atoms with Crippen LogP contribution in [-0.4, -0.2) is 31.7 Å². The molecule has 7 heteroatoms. The summed E-state index contributed by atoms with van der Waals surface area (Å²) in [6, 6.07) is 17.1. The third kappa shape index (κ3) is 3.63. The summed E-state index contributed by atoms with van der Waals surface area (Å²) in [7, 11) is -3.44. The average molecular weight is 401 g/mol. The third-order valence-corrected chi connectivity index (χ3v) is 8.23. The molecule has 0 bridgehead atoms. The Bertz CT molecular complexity index is 1050. The van der Waals surface area contributed by atoms with Crippen LogP contribution >= 0.6 is 11.3 Å². The highest BCUT2D eigenvalue weighted by Gasteiger charge is 2.32. The average Bonchev–Trinajstić information content (AvgIpc) is 3.24. The summed E-state index contributed by atoms with van der Waals surface area (Å²) in [4.78, 5) is 12.7. The van der Waals surface area contributed by atoms with E-state index in [1.165, 1.54) is 15.6 Å². The van der Waals surface area contributed by atoms with E-state index in [2.05, 4.69) is 5.32 Å². The molecule has 1 saturated heterocycles. The summed E-state index contributed by atoms with van der Waals surface area (Å²) >= 11 is 1.22. The largest absolute Gasteiger partial charge is 0.325 e. The third-order valence-electron chi connectivity index (χ3n) is 4.96. The van der Waals surface area contributed by atoms with Crippen LogP contribution in [0.15, 0.2) is 64.2 Å². The first kappa shape index (κ1) is 18.2. The number of carbonyl (C=O) groups is 1. The van der Waals surface area contributed by atoms with Crippen molar-refractivity contribution in [1.29, 1.82) is 0 Å². The first-order valence-electron chi connectivity index (χ1n) is 8.88. The summed E-state index contributed by atoms with van der Waals surface area (Å²) in [5.74, 6) is -0.224. The van der Waals surface area contributed by atoms with Gasteiger partial charge in [-0.15, -0.1) is 11.3 Å². The molecule has 1 aliphatic heterocycles. The molecular formula is C20H20N2O3S2. The standard InChI is InChI=1S/C20H20N2O3S2/c23-20(21-18-8-3-6-15-5-1-2-7-17(15)18)16-10-12-22(13-11-16)27(24,25)19-9-4-14-26-19/h1-9,14,16H,10-13H2,(H,21,23). The Balaban J connectivity index is 1.43. The fourth-order valence-electron chi connectivity index (χ4n) is 3.47. The van der Waals surface area contributed by atoms with Gasteiger partial charge >= 0.3 is 0 Å². The highest BCUT2D eigenvalue weighted by atomic mass is 32.2. The second-order valence-corrected chi connectivity index (χ2v) is 9.74. The number of piperidine rings is 1. The number of anilines is 1. The Morgan fingerprint density at radius 1 is 1.00 bits per heavy atom. The Labute approximate surface area is 162 Å². The van der Waals surface area contributed by atoms with E-state index < -0.39 is 10.0 Å². The normalized spacial score (nSPS) is 16.4. The summed E-state index contributed by atoms with van der Waals surface area (Å²) in [6.45, 7) is 0.738. The highest BCUT2D eigenvalue weighted by Crippen LogP contribution is 2.28. The van der Waals surface area contributed by atoms with Crippen molar-refractivity contribution in [2.24, 2.45) is 5.92 Å². The van der Waals surface area contributed by atoms with Crippen molar-refractivity contribution in [3.8, 4) is 0 Å². The van der Waals surface area contributed by atoms with Gasteiger partial charge in [-0.25, -0.2) is 8.42 Å². The molecule has 27 heavy (non-hydrogen) atoms. The zero-order chi connectivity index (χ0) is 18.9. The van der Waals surface area contributed by atoms with E-state index in [0.717, 1.165) is 16.5 Å². The van der Waals surface area contributed by atoms with Crippen LogP contribution in [-0.2, 0) is 14.8 Å². The quantitative estimate of drug-likeness (QED) is 0.721. The van der Waals surface area contributed by atoms with Gasteiger partial charge in [0.1, 0.15) is 4.21 Å². The van der Waals surface area contributed by atoms with Gasteiger partial charge in [0, 0.05) is 30.1 Å². The maximum Gasteiger partial charge on any atom is 0.252 e. The van der Waals surface area contributed by atoms with Crippen LogP contribution in [0.4, 0.5) is 5.69 Å². The predicted molar refractivity (Wildman–Crippen MR) is 108 cm³/mol. The first-order chi connectivity index (χ1) is 13.1. The molecule has 5 nitrogen and oxygen atoms in total. The van der Waals surface area contributed by atoms with E-state index >= 15 is 0 Å². The van der Waals surface area contributed by atoms with Crippen LogP contribution in [0.25, 0.3) is 10.8 Å². The zero-order valence-electron chi connectivity index (χ0n) is 14.7. The van der Waals surface area contributed by atoms with Crippen molar-refractivity contribution in [1.82, 2.24) is 4.31 Å². The molecule has 1 aromatic heterocycles. The number of thiophene rings is 1. The lowest BCUT2D eigenvalue weighted by Crippen LogP contribution is -2.41. The van der Waals surface area contributed by atoms with Gasteiger partial charge in [-0.3, -0.25) is 4.79 Å². The number of nitrogens with one attached hydrogen (secondary N) is 1. The van der Waals surface area contributed by atoms with Gasteiger partial charge in [0.25, 0.3) is 10.0 Å². The lowest BCUT2D eigenvalue weighted by atomic mass is 9.97. The van der Waals surface area contributed by atoms with Crippen molar-refractivity contribution >= 4 is 43.7 Å². The van der Waals surface area contributed by atoms with Crippen LogP contribution in [0.1, 0.15) is 12.8 Å². The summed E-state index contributed by atoms with van der Waals surface area (Å²) in [5, 5.41) is 6.87. The molecule has 3 aromatic rings. The van der Waals surface area contributed by atoms with Crippen LogP contribution in [0.3, 0.4) is 0 Å². The molecular weight excluding hydrogens is 380 g/mol. The van der Waals surface area contributed by atoms with Crippen molar-refractivity contribution < 1.29 is 13.2 Å². The lowest BCUT2D eigenvalue weighted by Gasteiger charge is -2.30. The number of rotatable bonds is 4. The van der Waals surface area contributed by atoms with E-state index in [-0.39, 0.29) is 11.8 Å². The maximum atomic E-state index is 12.7. The van der Waals surface area contributed by atoms with Gasteiger partial charge < -0.3 is 5.32 Å². The van der Waals surface area contributed by atoms with Gasteiger partial charge in [-0.1, -0.05) is 42.5 Å². The van der Waals surface area contributed by atoms with Gasteiger partial charge in [-0.2, -0.15) is 4.31 Å². The van der Waals surface area contributed by atoms with Crippen molar-refractivity contribution in [3.63, 3.8) is 0 Å². The summed E-state index contributed by atoms with van der Waals surface area (Å²) in [6.07, 6.45) is 1.06. The van der Waals surface area contributed by atoms with Gasteiger partial charge in [-0.05, 0) is 35.7 Å². The van der Waals surface area contributed by atoms with Crippen LogP contribution < -0.4 is 5.32 Å². The lowest BCUT2D eigenvalue weighted by molar-refractivity contribution is -0.120. The van der Waals surface area contributed by atoms with Gasteiger partial charge in [0.2, 0.25) is 5.91 Å². The second-order valence-electron chi connectivity index (χ2n) is 6.63. The second kappa shape index (κ2) is 7.42. The minimum Gasteiger partial charge on any atom is -0.325 e. The number of nitrogens with zero attached hydrogens (tertiary/aromatic N) is 1. The number of amides is 1. The molecule has 1 aliphatic rings. The van der Waals surface area contributed by atoms with E-state index in [0.29, 0.717) is 30.1 Å². The topological polar surface area (TPSA) is 66.5 Å². The molecule has 2 heterocycles. The number of sulfonamides is 1. The van der Waals surface area contributed by atoms with Gasteiger partial charge in [0.05, 0.1) is 0 Å². The Hall–Kier alpha value is -2.22. The Morgan fingerprint density at radius 2 is 1.74 bits per heavy atom. The molecule has 4 rings (SSSR count). The van der Waals surface area contributed by atoms with Crippen molar-refractivity contribution in [3.05, 3.63) is 60.0 Å². The minimum atomic E-state index is -3.44.